The highest BCUT2D eigenvalue weighted by atomic mass is 127. The molecule has 0 aromatic rings. The van der Waals surface area contributed by atoms with E-state index in [1.165, 1.54) is 0 Å². The van der Waals surface area contributed by atoms with Crippen LogP contribution in [0.25, 0.3) is 0 Å². The molecule has 0 aromatic carbocycles. The average molecular weight is 202 g/mol. The van der Waals surface area contributed by atoms with E-state index in [9.17, 15) is 0 Å². The van der Waals surface area contributed by atoms with Crippen LogP contribution in [0.15, 0.2) is 0 Å². The van der Waals surface area contributed by atoms with Crippen LogP contribution >= 0.6 is 28.3 Å². The van der Waals surface area contributed by atoms with Gasteiger partial charge in [-0.3, -0.25) is 0 Å². The van der Waals surface area contributed by atoms with Crippen molar-refractivity contribution in [1.82, 2.24) is 0 Å². The Morgan fingerprint density at radius 3 is 1.60 bits per heavy atom. The molecule has 0 radical (unpaired) electrons. The summed E-state index contributed by atoms with van der Waals surface area (Å²) in [6, 6.07) is 0. The number of rotatable bonds is 0. The highest BCUT2D eigenvalue weighted by molar-refractivity contribution is 14.2. The fourth-order valence-electron chi connectivity index (χ4n) is 0. The summed E-state index contributed by atoms with van der Waals surface area (Å²) < 4.78 is 0. The van der Waals surface area contributed by atoms with Gasteiger partial charge in [0.1, 0.15) is 0 Å². The minimum atomic E-state index is -0.197. The van der Waals surface area contributed by atoms with Crippen molar-refractivity contribution < 1.29 is 0 Å². The monoisotopic (exact) mass is 202 g/mol. The Labute approximate surface area is 47.9 Å². The number of halogens is 1. The predicted octanol–water partition coefficient (Wildman–Crippen LogP) is 0.949. The summed E-state index contributed by atoms with van der Waals surface area (Å²) in [5.41, 5.74) is 0. The van der Waals surface area contributed by atoms with Crippen molar-refractivity contribution in [2.75, 3.05) is 12.5 Å². The van der Waals surface area contributed by atoms with Crippen LogP contribution in [0.2, 0.25) is 0 Å². The van der Waals surface area contributed by atoms with Gasteiger partial charge < -0.3 is 0 Å². The van der Waals surface area contributed by atoms with Gasteiger partial charge in [-0.05, 0) is 33.7 Å². The second kappa shape index (κ2) is 1.73. The molecule has 5 heavy (non-hydrogen) atoms. The normalized spacial score (nSPS) is 15.0. The highest BCUT2D eigenvalue weighted by Crippen LogP contribution is 2.42. The molecule has 0 spiro atoms. The maximum atomic E-state index is 2.46. The molecule has 0 rings (SSSR count). The first-order valence-electron chi connectivity index (χ1n) is 1.38. The van der Waals surface area contributed by atoms with Crippen molar-refractivity contribution in [3.63, 3.8) is 0 Å². The van der Waals surface area contributed by atoms with E-state index in [2.05, 4.69) is 40.8 Å². The summed E-state index contributed by atoms with van der Waals surface area (Å²) in [6.07, 6.45) is 4.51. The lowest BCUT2D eigenvalue weighted by Crippen LogP contribution is -1.75. The van der Waals surface area contributed by atoms with Gasteiger partial charge in [0.2, 0.25) is 0 Å². The van der Waals surface area contributed by atoms with E-state index in [4.69, 9.17) is 0 Å². The first kappa shape index (κ1) is 6.14. The summed E-state index contributed by atoms with van der Waals surface area (Å²) in [6.45, 7) is 0. The van der Waals surface area contributed by atoms with E-state index in [-0.39, 0.29) is 7.05 Å². The Bertz CT molecular complexity index is 25.1. The molecule has 0 aromatic heterocycles. The maximum absolute atomic E-state index is 2.46. The van der Waals surface area contributed by atoms with Gasteiger partial charge in [0, 0.05) is 0 Å². The van der Waals surface area contributed by atoms with Gasteiger partial charge in [-0.15, -0.1) is 0 Å². The molecule has 0 nitrogen and oxygen atoms in total. The van der Waals surface area contributed by atoms with E-state index in [1.807, 2.05) is 0 Å². The van der Waals surface area contributed by atoms with Gasteiger partial charge >= 0.3 is 0 Å². The van der Waals surface area contributed by atoms with Gasteiger partial charge in [-0.25, -0.2) is 7.05 Å². The Hall–Kier alpha value is 1.14. The summed E-state index contributed by atoms with van der Waals surface area (Å²) in [7, 11) is 2.06. The van der Waals surface area contributed by atoms with Gasteiger partial charge in [0.15, 0.2) is 7.12 Å². The van der Waals surface area contributed by atoms with Crippen LogP contribution in [-0.2, 0) is 0 Å². The molecular formula is C2H8BIS. The molecule has 0 aliphatic heterocycles. The summed E-state index contributed by atoms with van der Waals surface area (Å²) in [4.78, 5) is 0. The molecule has 0 amide bonds. The van der Waals surface area contributed by atoms with Crippen molar-refractivity contribution in [2.45, 2.75) is 0 Å². The number of hydrogen-bond acceptors (Lipinski definition) is 0. The van der Waals surface area contributed by atoms with Crippen LogP contribution in [0.1, 0.15) is 0 Å². The zero-order valence-electron chi connectivity index (χ0n) is 3.79. The second-order valence-electron chi connectivity index (χ2n) is 1.69. The fraction of sp³-hybridized carbons (Fsp3) is 1.00. The Morgan fingerprint density at radius 2 is 1.60 bits per heavy atom. The Kier molecular flexibility index (Phi) is 2.13. The third-order valence-electron chi connectivity index (χ3n) is 0. The van der Waals surface area contributed by atoms with E-state index in [0.717, 1.165) is 0 Å². The van der Waals surface area contributed by atoms with E-state index < -0.39 is 0 Å². The molecule has 0 N–H and O–H groups in total. The van der Waals surface area contributed by atoms with Crippen LogP contribution in [0.3, 0.4) is 0 Å². The second-order valence-corrected chi connectivity index (χ2v) is 13.0. The molecule has 32 valence electrons. The number of hydrogen-bond donors (Lipinski definition) is 0. The molecule has 0 atom stereocenters. The standard InChI is InChI=1S/C2H8BIS/c1-5(2,3)4/h3H2,1-2H3. The summed E-state index contributed by atoms with van der Waals surface area (Å²) >= 11 is 2.46. The maximum Gasteiger partial charge on any atom is 0.164 e. The lowest BCUT2D eigenvalue weighted by atomic mass is 10.8. The van der Waals surface area contributed by atoms with Crippen LogP contribution in [0.4, 0.5) is 0 Å². The highest BCUT2D eigenvalue weighted by Gasteiger charge is 1.90. The van der Waals surface area contributed by atoms with Crippen molar-refractivity contribution in [1.29, 1.82) is 0 Å². The van der Waals surface area contributed by atoms with E-state index in [0.29, 0.717) is 0 Å². The first-order chi connectivity index (χ1) is 2.00. The average Bonchev–Trinajstić information content (AvgIpc) is 0.722. The van der Waals surface area contributed by atoms with Crippen molar-refractivity contribution in [3.05, 3.63) is 0 Å². The zero-order chi connectivity index (χ0) is 4.50. The third kappa shape index (κ3) is 38.8. The van der Waals surface area contributed by atoms with Crippen LogP contribution in [0, 0.1) is 0 Å². The Morgan fingerprint density at radius 1 is 1.60 bits per heavy atom. The first-order valence-corrected chi connectivity index (χ1v) is 6.78. The molecule has 0 aliphatic carbocycles. The van der Waals surface area contributed by atoms with Crippen LogP contribution in [-0.4, -0.2) is 19.6 Å². The minimum absolute atomic E-state index is 0.197. The summed E-state index contributed by atoms with van der Waals surface area (Å²) in [5.74, 6) is 0. The minimum Gasteiger partial charge on any atom is -0.230 e. The molecule has 3 heteroatoms. The molecule has 0 saturated carbocycles. The molecule has 0 aliphatic rings. The quantitative estimate of drug-likeness (QED) is 0.405. The van der Waals surface area contributed by atoms with E-state index in [1.54, 1.807) is 0 Å². The lowest BCUT2D eigenvalue weighted by molar-refractivity contribution is 2.34. The van der Waals surface area contributed by atoms with Crippen molar-refractivity contribution in [2.24, 2.45) is 0 Å². The molecule has 0 fully saturated rings. The smallest absolute Gasteiger partial charge is 0.164 e. The van der Waals surface area contributed by atoms with Crippen molar-refractivity contribution in [3.8, 4) is 0 Å². The molecule has 0 unspecified atom stereocenters. The molecular weight excluding hydrogens is 194 g/mol. The van der Waals surface area contributed by atoms with Gasteiger partial charge in [0.25, 0.3) is 0 Å². The van der Waals surface area contributed by atoms with Gasteiger partial charge in [-0.1, -0.05) is 0 Å². The Balaban J connectivity index is 3.02. The van der Waals surface area contributed by atoms with E-state index >= 15 is 0 Å². The molecule has 0 saturated heterocycles. The zero-order valence-corrected chi connectivity index (χ0v) is 6.76. The van der Waals surface area contributed by atoms with Crippen molar-refractivity contribution >= 4 is 35.4 Å². The van der Waals surface area contributed by atoms with Crippen LogP contribution in [0.5, 0.6) is 0 Å². The van der Waals surface area contributed by atoms with Crippen LogP contribution < -0.4 is 0 Å². The predicted molar refractivity (Wildman–Crippen MR) is 42.0 cm³/mol. The van der Waals surface area contributed by atoms with Gasteiger partial charge in [0.05, 0.1) is 0 Å². The topological polar surface area (TPSA) is 0 Å². The fourth-order valence-corrected chi connectivity index (χ4v) is 0. The lowest BCUT2D eigenvalue weighted by Gasteiger charge is -2.11. The SMILES string of the molecule is BS(C)(C)I. The molecule has 0 bridgehead atoms. The largest absolute Gasteiger partial charge is 0.230 e. The summed E-state index contributed by atoms with van der Waals surface area (Å²) in [5, 5.41) is 0. The third-order valence-corrected chi connectivity index (χ3v) is 0. The van der Waals surface area contributed by atoms with Gasteiger partial charge in [-0.2, -0.15) is 0 Å². The molecule has 0 heterocycles.